The highest BCUT2D eigenvalue weighted by Gasteiger charge is 2.27. The van der Waals surface area contributed by atoms with E-state index in [4.69, 9.17) is 14.2 Å². The van der Waals surface area contributed by atoms with Gasteiger partial charge in [0.25, 0.3) is 0 Å². The van der Waals surface area contributed by atoms with Crippen molar-refractivity contribution in [3.05, 3.63) is 139 Å². The number of fused-ring (bicyclic) bond motifs is 3. The zero-order valence-electron chi connectivity index (χ0n) is 24.0. The molecule has 5 aromatic carbocycles. The van der Waals surface area contributed by atoms with E-state index in [9.17, 15) is 0 Å². The Hall–Kier alpha value is -4.54. The summed E-state index contributed by atoms with van der Waals surface area (Å²) in [6.45, 7) is 9.14. The van der Waals surface area contributed by atoms with Crippen LogP contribution in [0.2, 0.25) is 0 Å². The summed E-state index contributed by atoms with van der Waals surface area (Å²) >= 11 is 0. The fraction of sp³-hybridized carbons (Fsp3) is 0.189. The van der Waals surface area contributed by atoms with E-state index in [1.165, 1.54) is 16.7 Å². The van der Waals surface area contributed by atoms with Gasteiger partial charge in [-0.05, 0) is 68.9 Å². The van der Waals surface area contributed by atoms with E-state index in [2.05, 4.69) is 115 Å². The lowest BCUT2D eigenvalue weighted by molar-refractivity contribution is 0.205. The van der Waals surface area contributed by atoms with Gasteiger partial charge in [-0.3, -0.25) is 4.90 Å². The first kappa shape index (κ1) is 28.0. The van der Waals surface area contributed by atoms with Crippen LogP contribution in [0, 0.1) is 0 Å². The van der Waals surface area contributed by atoms with Crippen molar-refractivity contribution >= 4 is 21.5 Å². The predicted molar refractivity (Wildman–Crippen MR) is 170 cm³/mol. The SMILES string of the molecule is C=CCN(C(c1ccccc1)c1ccccc1)[C@H](C=C)Cc1cc2ccc(OC)cc2c2cc(OC)c(OC)cc12. The average molecular weight is 544 g/mol. The third-order valence-corrected chi connectivity index (χ3v) is 7.78. The Balaban J connectivity index is 1.68. The van der Waals surface area contributed by atoms with Crippen molar-refractivity contribution in [3.8, 4) is 17.2 Å². The van der Waals surface area contributed by atoms with E-state index in [-0.39, 0.29) is 12.1 Å². The zero-order valence-corrected chi connectivity index (χ0v) is 24.0. The molecule has 4 heteroatoms. The van der Waals surface area contributed by atoms with E-state index >= 15 is 0 Å². The quantitative estimate of drug-likeness (QED) is 0.117. The Bertz CT molecular complexity index is 1610. The number of hydrogen-bond donors (Lipinski definition) is 0. The van der Waals surface area contributed by atoms with Crippen LogP contribution in [0.1, 0.15) is 22.7 Å². The minimum Gasteiger partial charge on any atom is -0.497 e. The summed E-state index contributed by atoms with van der Waals surface area (Å²) in [6.07, 6.45) is 4.79. The summed E-state index contributed by atoms with van der Waals surface area (Å²) in [7, 11) is 5.04. The summed E-state index contributed by atoms with van der Waals surface area (Å²) in [5, 5.41) is 4.45. The molecule has 5 aromatic rings. The van der Waals surface area contributed by atoms with E-state index in [0.717, 1.165) is 33.7 Å². The lowest BCUT2D eigenvalue weighted by Gasteiger charge is -2.37. The van der Waals surface area contributed by atoms with Crippen LogP contribution < -0.4 is 14.2 Å². The molecule has 0 spiro atoms. The van der Waals surface area contributed by atoms with Crippen molar-refractivity contribution < 1.29 is 14.2 Å². The Labute approximate surface area is 243 Å². The molecule has 0 heterocycles. The van der Waals surface area contributed by atoms with Crippen molar-refractivity contribution in [2.45, 2.75) is 18.5 Å². The molecule has 41 heavy (non-hydrogen) atoms. The van der Waals surface area contributed by atoms with Crippen LogP contribution >= 0.6 is 0 Å². The molecule has 0 bridgehead atoms. The third-order valence-electron chi connectivity index (χ3n) is 7.78. The summed E-state index contributed by atoms with van der Waals surface area (Å²) in [5.74, 6) is 2.21. The maximum Gasteiger partial charge on any atom is 0.161 e. The van der Waals surface area contributed by atoms with Crippen molar-refractivity contribution in [2.24, 2.45) is 0 Å². The van der Waals surface area contributed by atoms with Crippen LogP contribution in [0.4, 0.5) is 0 Å². The standard InChI is InChI=1S/C37H37NO3/c1-6-20-38(37(26-14-10-8-11-15-26)27-16-12-9-13-17-27)30(7-2)22-29-21-28-18-19-31(39-3)23-32(28)34-25-36(41-5)35(40-4)24-33(29)34/h6-19,21,23-25,30,37H,1-2,20,22H2,3-5H3/t30-/m1/s1. The fourth-order valence-corrected chi connectivity index (χ4v) is 5.81. The van der Waals surface area contributed by atoms with Crippen molar-refractivity contribution in [1.29, 1.82) is 0 Å². The number of ether oxygens (including phenoxy) is 3. The molecule has 4 nitrogen and oxygen atoms in total. The van der Waals surface area contributed by atoms with Crippen LogP contribution in [-0.2, 0) is 6.42 Å². The molecular weight excluding hydrogens is 506 g/mol. The number of hydrogen-bond acceptors (Lipinski definition) is 4. The molecular formula is C37H37NO3. The van der Waals surface area contributed by atoms with Gasteiger partial charge in [0.05, 0.1) is 27.4 Å². The second-order valence-corrected chi connectivity index (χ2v) is 10.1. The van der Waals surface area contributed by atoms with Gasteiger partial charge in [-0.25, -0.2) is 0 Å². The first-order chi connectivity index (χ1) is 20.1. The first-order valence-electron chi connectivity index (χ1n) is 13.9. The second-order valence-electron chi connectivity index (χ2n) is 10.1. The largest absolute Gasteiger partial charge is 0.497 e. The van der Waals surface area contributed by atoms with Crippen LogP contribution in [0.25, 0.3) is 21.5 Å². The minimum atomic E-state index is 0.0189. The zero-order chi connectivity index (χ0) is 28.8. The van der Waals surface area contributed by atoms with Crippen molar-refractivity contribution in [1.82, 2.24) is 4.90 Å². The molecule has 0 aromatic heterocycles. The van der Waals surface area contributed by atoms with E-state index in [0.29, 0.717) is 18.0 Å². The van der Waals surface area contributed by atoms with Gasteiger partial charge < -0.3 is 14.2 Å². The Morgan fingerprint density at radius 1 is 0.683 bits per heavy atom. The number of nitrogens with zero attached hydrogens (tertiary/aromatic N) is 1. The second kappa shape index (κ2) is 12.8. The third kappa shape index (κ3) is 5.70. The molecule has 0 radical (unpaired) electrons. The monoisotopic (exact) mass is 543 g/mol. The van der Waals surface area contributed by atoms with Gasteiger partial charge in [0.1, 0.15) is 5.75 Å². The fourth-order valence-electron chi connectivity index (χ4n) is 5.81. The van der Waals surface area contributed by atoms with E-state index < -0.39 is 0 Å². The van der Waals surface area contributed by atoms with Gasteiger partial charge in [0.15, 0.2) is 11.5 Å². The molecule has 0 aliphatic carbocycles. The van der Waals surface area contributed by atoms with Gasteiger partial charge in [-0.1, -0.05) is 84.9 Å². The van der Waals surface area contributed by atoms with Gasteiger partial charge in [-0.2, -0.15) is 0 Å². The lowest BCUT2D eigenvalue weighted by atomic mass is 9.90. The molecule has 1 atom stereocenters. The van der Waals surface area contributed by atoms with E-state index in [1.54, 1.807) is 21.3 Å². The number of rotatable bonds is 12. The summed E-state index contributed by atoms with van der Waals surface area (Å²) < 4.78 is 17.0. The highest BCUT2D eigenvalue weighted by molar-refractivity contribution is 6.10. The van der Waals surface area contributed by atoms with Crippen molar-refractivity contribution in [3.63, 3.8) is 0 Å². The average Bonchev–Trinajstić information content (AvgIpc) is 3.03. The highest BCUT2D eigenvalue weighted by Crippen LogP contribution is 2.40. The van der Waals surface area contributed by atoms with Gasteiger partial charge in [0.2, 0.25) is 0 Å². The Morgan fingerprint density at radius 3 is 1.83 bits per heavy atom. The molecule has 0 aliphatic rings. The van der Waals surface area contributed by atoms with Crippen LogP contribution in [0.15, 0.2) is 122 Å². The lowest BCUT2D eigenvalue weighted by Crippen LogP contribution is -2.39. The maximum absolute atomic E-state index is 5.73. The predicted octanol–water partition coefficient (Wildman–Crippen LogP) is 8.39. The van der Waals surface area contributed by atoms with Crippen molar-refractivity contribution in [2.75, 3.05) is 27.9 Å². The number of benzene rings is 5. The van der Waals surface area contributed by atoms with Crippen LogP contribution in [0.5, 0.6) is 17.2 Å². The summed E-state index contributed by atoms with van der Waals surface area (Å²) in [4.78, 5) is 2.48. The summed E-state index contributed by atoms with van der Waals surface area (Å²) in [6, 6.07) is 34.0. The normalized spacial score (nSPS) is 12.0. The van der Waals surface area contributed by atoms with Gasteiger partial charge >= 0.3 is 0 Å². The topological polar surface area (TPSA) is 30.9 Å². The Kier molecular flexibility index (Phi) is 8.71. The van der Waals surface area contributed by atoms with Gasteiger partial charge in [0, 0.05) is 12.6 Å². The first-order valence-corrected chi connectivity index (χ1v) is 13.9. The van der Waals surface area contributed by atoms with Crippen LogP contribution in [0.3, 0.4) is 0 Å². The minimum absolute atomic E-state index is 0.0189. The molecule has 5 rings (SSSR count). The molecule has 208 valence electrons. The molecule has 0 saturated carbocycles. The molecule has 0 N–H and O–H groups in total. The van der Waals surface area contributed by atoms with Gasteiger partial charge in [-0.15, -0.1) is 13.2 Å². The highest BCUT2D eigenvalue weighted by atomic mass is 16.5. The van der Waals surface area contributed by atoms with Crippen LogP contribution in [-0.4, -0.2) is 38.8 Å². The maximum atomic E-state index is 5.73. The Morgan fingerprint density at radius 2 is 1.29 bits per heavy atom. The summed E-state index contributed by atoms with van der Waals surface area (Å²) in [5.41, 5.74) is 3.67. The molecule has 0 saturated heterocycles. The molecule has 0 unspecified atom stereocenters. The number of methoxy groups -OCH3 is 3. The molecule has 0 aliphatic heterocycles. The molecule has 0 fully saturated rings. The van der Waals surface area contributed by atoms with E-state index in [1.807, 2.05) is 12.1 Å². The smallest absolute Gasteiger partial charge is 0.161 e. The molecule has 0 amide bonds.